The number of carbonyl (C=O) groups excluding carboxylic acids is 2. The number of anilines is 1. The third-order valence-corrected chi connectivity index (χ3v) is 8.06. The van der Waals surface area contributed by atoms with Gasteiger partial charge in [0.2, 0.25) is 28.6 Å². The first-order chi connectivity index (χ1) is 18.6. The van der Waals surface area contributed by atoms with Crippen LogP contribution in [0.5, 0.6) is 11.5 Å². The van der Waals surface area contributed by atoms with Crippen LogP contribution in [0.4, 0.5) is 5.69 Å². The van der Waals surface area contributed by atoms with Crippen LogP contribution in [0.15, 0.2) is 66.7 Å². The lowest BCUT2D eigenvalue weighted by molar-refractivity contribution is -0.139. The lowest BCUT2D eigenvalue weighted by atomic mass is 10.0. The van der Waals surface area contributed by atoms with Crippen LogP contribution in [-0.4, -0.2) is 57.8 Å². The molecule has 0 aromatic heterocycles. The SMILES string of the molecule is CNC(=O)[C@@H](Cc1ccccc1)N(Cc1ccc(Cl)c(Cl)c1)C(=O)CN(c1ccc2c(c1)OCO2)S(C)(=O)=O. The molecule has 1 heterocycles. The van der Waals surface area contributed by atoms with Crippen molar-refractivity contribution in [3.05, 3.63) is 87.9 Å². The van der Waals surface area contributed by atoms with Gasteiger partial charge in [0.25, 0.3) is 0 Å². The zero-order valence-electron chi connectivity index (χ0n) is 21.3. The number of rotatable bonds is 10. The highest BCUT2D eigenvalue weighted by Crippen LogP contribution is 2.36. The second-order valence-electron chi connectivity index (χ2n) is 8.90. The normalized spacial score (nSPS) is 13.0. The van der Waals surface area contributed by atoms with E-state index in [2.05, 4.69) is 5.32 Å². The summed E-state index contributed by atoms with van der Waals surface area (Å²) >= 11 is 12.3. The van der Waals surface area contributed by atoms with Gasteiger partial charge in [-0.3, -0.25) is 13.9 Å². The molecule has 2 amide bonds. The van der Waals surface area contributed by atoms with Crippen LogP contribution >= 0.6 is 23.2 Å². The Balaban J connectivity index is 1.72. The smallest absolute Gasteiger partial charge is 0.244 e. The van der Waals surface area contributed by atoms with Gasteiger partial charge in [0.15, 0.2) is 11.5 Å². The number of nitrogens with one attached hydrogen (secondary N) is 1. The molecular formula is C27H27Cl2N3O6S. The van der Waals surface area contributed by atoms with Crippen molar-refractivity contribution in [2.75, 3.05) is 30.9 Å². The number of amides is 2. The molecular weight excluding hydrogens is 565 g/mol. The standard InChI is InChI=1S/C27H27Cl2N3O6S/c1-30-27(34)23(13-18-6-4-3-5-7-18)31(15-19-8-10-21(28)22(29)12-19)26(33)16-32(39(2,35)36)20-9-11-24-25(14-20)38-17-37-24/h3-12,14,23H,13,15-17H2,1-2H3,(H,30,34)/t23-/m1/s1. The summed E-state index contributed by atoms with van der Waals surface area (Å²) < 4.78 is 37.4. The zero-order chi connectivity index (χ0) is 28.2. The number of benzene rings is 3. The Morgan fingerprint density at radius 3 is 2.33 bits per heavy atom. The molecule has 39 heavy (non-hydrogen) atoms. The lowest BCUT2D eigenvalue weighted by Gasteiger charge is -2.33. The van der Waals surface area contributed by atoms with Gasteiger partial charge in [-0.1, -0.05) is 59.6 Å². The highest BCUT2D eigenvalue weighted by molar-refractivity contribution is 7.92. The Kier molecular flexibility index (Phi) is 8.89. The molecule has 1 N–H and O–H groups in total. The Bertz CT molecular complexity index is 1470. The number of hydrogen-bond acceptors (Lipinski definition) is 6. The van der Waals surface area contributed by atoms with Crippen molar-refractivity contribution >= 4 is 50.7 Å². The molecule has 0 fully saturated rings. The molecule has 0 aliphatic carbocycles. The van der Waals surface area contributed by atoms with Crippen LogP contribution in [0, 0.1) is 0 Å². The molecule has 0 radical (unpaired) electrons. The van der Waals surface area contributed by atoms with Crippen molar-refractivity contribution in [1.82, 2.24) is 10.2 Å². The largest absolute Gasteiger partial charge is 0.454 e. The maximum absolute atomic E-state index is 13.9. The van der Waals surface area contributed by atoms with E-state index in [4.69, 9.17) is 32.7 Å². The first kappa shape index (κ1) is 28.5. The van der Waals surface area contributed by atoms with E-state index in [0.29, 0.717) is 27.1 Å². The van der Waals surface area contributed by atoms with Gasteiger partial charge in [0, 0.05) is 26.1 Å². The highest BCUT2D eigenvalue weighted by Gasteiger charge is 2.33. The molecule has 0 bridgehead atoms. The molecule has 3 aromatic rings. The molecule has 1 aliphatic rings. The van der Waals surface area contributed by atoms with Gasteiger partial charge in [-0.2, -0.15) is 0 Å². The average molecular weight is 593 g/mol. The van der Waals surface area contributed by atoms with E-state index in [9.17, 15) is 18.0 Å². The molecule has 4 rings (SSSR count). The van der Waals surface area contributed by atoms with Gasteiger partial charge >= 0.3 is 0 Å². The number of likely N-dealkylation sites (N-methyl/N-ethyl adjacent to an activating group) is 1. The summed E-state index contributed by atoms with van der Waals surface area (Å²) in [5.41, 5.74) is 1.67. The number of hydrogen-bond donors (Lipinski definition) is 1. The molecule has 0 spiro atoms. The molecule has 206 valence electrons. The summed E-state index contributed by atoms with van der Waals surface area (Å²) in [4.78, 5) is 28.4. The predicted molar refractivity (Wildman–Crippen MR) is 150 cm³/mol. The molecule has 0 unspecified atom stereocenters. The van der Waals surface area contributed by atoms with E-state index in [1.165, 1.54) is 24.1 Å². The second kappa shape index (κ2) is 12.1. The Labute approximate surface area is 237 Å². The van der Waals surface area contributed by atoms with E-state index in [0.717, 1.165) is 16.1 Å². The lowest BCUT2D eigenvalue weighted by Crippen LogP contribution is -2.52. The van der Waals surface area contributed by atoms with Crippen molar-refractivity contribution in [3.8, 4) is 11.5 Å². The maximum atomic E-state index is 13.9. The Morgan fingerprint density at radius 2 is 1.67 bits per heavy atom. The summed E-state index contributed by atoms with van der Waals surface area (Å²) in [5.74, 6) is -0.147. The maximum Gasteiger partial charge on any atom is 0.244 e. The van der Waals surface area contributed by atoms with Crippen molar-refractivity contribution in [2.45, 2.75) is 19.0 Å². The fourth-order valence-corrected chi connectivity index (χ4v) is 5.37. The monoisotopic (exact) mass is 591 g/mol. The third kappa shape index (κ3) is 6.95. The van der Waals surface area contributed by atoms with Gasteiger partial charge in [-0.05, 0) is 35.4 Å². The molecule has 1 atom stereocenters. The summed E-state index contributed by atoms with van der Waals surface area (Å²) in [6.45, 7) is -0.553. The summed E-state index contributed by atoms with van der Waals surface area (Å²) in [5, 5.41) is 3.26. The van der Waals surface area contributed by atoms with E-state index in [-0.39, 0.29) is 25.4 Å². The van der Waals surface area contributed by atoms with Crippen LogP contribution < -0.4 is 19.1 Å². The highest BCUT2D eigenvalue weighted by atomic mass is 35.5. The van der Waals surface area contributed by atoms with E-state index < -0.39 is 34.4 Å². The predicted octanol–water partition coefficient (Wildman–Crippen LogP) is 3.87. The van der Waals surface area contributed by atoms with Gasteiger partial charge in [-0.15, -0.1) is 0 Å². The van der Waals surface area contributed by atoms with E-state index in [1.807, 2.05) is 30.3 Å². The number of sulfonamides is 1. The second-order valence-corrected chi connectivity index (χ2v) is 11.6. The van der Waals surface area contributed by atoms with Crippen molar-refractivity contribution in [2.24, 2.45) is 0 Å². The Morgan fingerprint density at radius 1 is 0.949 bits per heavy atom. The van der Waals surface area contributed by atoms with Crippen LogP contribution in [0.3, 0.4) is 0 Å². The number of carbonyl (C=O) groups is 2. The zero-order valence-corrected chi connectivity index (χ0v) is 23.6. The molecule has 3 aromatic carbocycles. The van der Waals surface area contributed by atoms with Crippen LogP contribution in [-0.2, 0) is 32.6 Å². The first-order valence-electron chi connectivity index (χ1n) is 11.9. The summed E-state index contributed by atoms with van der Waals surface area (Å²) in [7, 11) is -2.43. The van der Waals surface area contributed by atoms with Crippen LogP contribution in [0.25, 0.3) is 0 Å². The van der Waals surface area contributed by atoms with Crippen LogP contribution in [0.1, 0.15) is 11.1 Å². The van der Waals surface area contributed by atoms with Gasteiger partial charge in [0.1, 0.15) is 12.6 Å². The fraction of sp³-hybridized carbons (Fsp3) is 0.259. The van der Waals surface area contributed by atoms with E-state index >= 15 is 0 Å². The fourth-order valence-electron chi connectivity index (χ4n) is 4.21. The average Bonchev–Trinajstić information content (AvgIpc) is 3.38. The summed E-state index contributed by atoms with van der Waals surface area (Å²) in [6, 6.07) is 17.8. The van der Waals surface area contributed by atoms with Crippen molar-refractivity contribution in [3.63, 3.8) is 0 Å². The third-order valence-electron chi connectivity index (χ3n) is 6.18. The summed E-state index contributed by atoms with van der Waals surface area (Å²) in [6.07, 6.45) is 1.21. The number of halogens is 2. The van der Waals surface area contributed by atoms with Gasteiger partial charge in [-0.25, -0.2) is 8.42 Å². The number of ether oxygens (including phenoxy) is 2. The van der Waals surface area contributed by atoms with Crippen molar-refractivity contribution < 1.29 is 27.5 Å². The molecule has 12 heteroatoms. The molecule has 0 saturated carbocycles. The Hall–Kier alpha value is -3.47. The molecule has 1 aliphatic heterocycles. The topological polar surface area (TPSA) is 105 Å². The number of nitrogens with zero attached hydrogens (tertiary/aromatic N) is 2. The van der Waals surface area contributed by atoms with Crippen LogP contribution in [0.2, 0.25) is 10.0 Å². The molecule has 0 saturated heterocycles. The van der Waals surface area contributed by atoms with Gasteiger partial charge in [0.05, 0.1) is 22.0 Å². The minimum Gasteiger partial charge on any atom is -0.454 e. The minimum atomic E-state index is -3.91. The number of fused-ring (bicyclic) bond motifs is 1. The minimum absolute atomic E-state index is 0.0145. The van der Waals surface area contributed by atoms with E-state index in [1.54, 1.807) is 24.3 Å². The van der Waals surface area contributed by atoms with Gasteiger partial charge < -0.3 is 19.7 Å². The molecule has 9 nitrogen and oxygen atoms in total. The quantitative estimate of drug-likeness (QED) is 0.383. The van der Waals surface area contributed by atoms with Crippen molar-refractivity contribution in [1.29, 1.82) is 0 Å². The first-order valence-corrected chi connectivity index (χ1v) is 14.5.